The lowest BCUT2D eigenvalue weighted by Gasteiger charge is -2.33. The zero-order valence-corrected chi connectivity index (χ0v) is 27.2. The number of rotatable bonds is 6. The molecule has 50 heavy (non-hydrogen) atoms. The minimum Gasteiger partial charge on any atom is -0.289 e. The first-order chi connectivity index (χ1) is 24.2. The lowest BCUT2D eigenvalue weighted by molar-refractivity contribution is 0.0872. The average molecular weight is 696 g/mol. The molecule has 8 rings (SSSR count). The van der Waals surface area contributed by atoms with E-state index in [1.807, 2.05) is 0 Å². The number of ketones is 2. The highest BCUT2D eigenvalue weighted by atomic mass is 35.5. The molecular weight excluding hydrogens is 675 g/mol. The van der Waals surface area contributed by atoms with Crippen LogP contribution in [0.3, 0.4) is 0 Å². The number of anilines is 2. The molecule has 8 nitrogen and oxygen atoms in total. The van der Waals surface area contributed by atoms with Gasteiger partial charge in [0.15, 0.2) is 11.6 Å². The molecule has 2 aliphatic heterocycles. The first kappa shape index (κ1) is 31.1. The summed E-state index contributed by atoms with van der Waals surface area (Å²) < 4.78 is 0. The molecule has 0 aromatic heterocycles. The zero-order chi connectivity index (χ0) is 34.8. The van der Waals surface area contributed by atoms with Crippen molar-refractivity contribution in [3.8, 4) is 0 Å². The SMILES string of the molecule is O=C(c1ccccc1)c1cc(Cl)ccc1N1C(=O)c2ccc3c4c(ccc(c24)C1=O)C(=O)N(c1ccc(Cl)cc1C(=O)c1ccccc1)C3=O. The lowest BCUT2D eigenvalue weighted by Crippen LogP contribution is -2.44. The molecule has 0 N–H and O–H groups in total. The Morgan fingerprint density at radius 3 is 1.06 bits per heavy atom. The van der Waals surface area contributed by atoms with E-state index < -0.39 is 35.2 Å². The van der Waals surface area contributed by atoms with E-state index in [9.17, 15) is 28.8 Å². The first-order valence-electron chi connectivity index (χ1n) is 15.3. The maximum absolute atomic E-state index is 14.2. The van der Waals surface area contributed by atoms with Crippen LogP contribution in [-0.2, 0) is 0 Å². The second kappa shape index (κ2) is 11.7. The van der Waals surface area contributed by atoms with Gasteiger partial charge in [0, 0.05) is 65.3 Å². The summed E-state index contributed by atoms with van der Waals surface area (Å²) in [7, 11) is 0. The van der Waals surface area contributed by atoms with Gasteiger partial charge < -0.3 is 0 Å². The van der Waals surface area contributed by atoms with E-state index in [4.69, 9.17) is 23.2 Å². The maximum Gasteiger partial charge on any atom is 0.266 e. The van der Waals surface area contributed by atoms with Gasteiger partial charge in [0.1, 0.15) is 0 Å². The second-order valence-electron chi connectivity index (χ2n) is 11.7. The third-order valence-corrected chi connectivity index (χ3v) is 9.33. The molecule has 4 amide bonds. The van der Waals surface area contributed by atoms with E-state index >= 15 is 0 Å². The van der Waals surface area contributed by atoms with Crippen molar-refractivity contribution in [3.63, 3.8) is 0 Å². The van der Waals surface area contributed by atoms with Crippen molar-refractivity contribution in [2.24, 2.45) is 0 Å². The molecule has 0 bridgehead atoms. The normalized spacial score (nSPS) is 13.6. The molecule has 0 aliphatic carbocycles. The molecule has 2 aliphatic rings. The number of hydrogen-bond donors (Lipinski definition) is 0. The third-order valence-electron chi connectivity index (χ3n) is 8.85. The fourth-order valence-electron chi connectivity index (χ4n) is 6.57. The van der Waals surface area contributed by atoms with Gasteiger partial charge in [-0.2, -0.15) is 0 Å². The number of imide groups is 2. The van der Waals surface area contributed by atoms with Crippen LogP contribution in [0.2, 0.25) is 10.0 Å². The molecule has 240 valence electrons. The summed E-state index contributed by atoms with van der Waals surface area (Å²) in [6.45, 7) is 0. The summed E-state index contributed by atoms with van der Waals surface area (Å²) in [6, 6.07) is 31.1. The summed E-state index contributed by atoms with van der Waals surface area (Å²) in [4.78, 5) is 85.9. The highest BCUT2D eigenvalue weighted by molar-refractivity contribution is 6.43. The first-order valence-corrected chi connectivity index (χ1v) is 16.1. The van der Waals surface area contributed by atoms with Crippen molar-refractivity contribution in [3.05, 3.63) is 176 Å². The summed E-state index contributed by atoms with van der Waals surface area (Å²) in [5.41, 5.74) is 1.09. The predicted octanol–water partition coefficient (Wildman–Crippen LogP) is 8.21. The number of hydrogen-bond acceptors (Lipinski definition) is 6. The minimum atomic E-state index is -0.744. The van der Waals surface area contributed by atoms with Gasteiger partial charge in [-0.05, 0) is 60.7 Å². The molecule has 6 aromatic rings. The molecule has 0 saturated heterocycles. The van der Waals surface area contributed by atoms with Crippen molar-refractivity contribution in [2.75, 3.05) is 9.80 Å². The summed E-state index contributed by atoms with van der Waals surface area (Å²) in [5.74, 6) is -3.86. The molecular formula is C40H20Cl2N2O6. The molecule has 0 atom stereocenters. The van der Waals surface area contributed by atoms with Gasteiger partial charge in [-0.3, -0.25) is 28.8 Å². The van der Waals surface area contributed by atoms with Gasteiger partial charge >= 0.3 is 0 Å². The predicted molar refractivity (Wildman–Crippen MR) is 189 cm³/mol. The van der Waals surface area contributed by atoms with Crippen molar-refractivity contribution >= 4 is 80.5 Å². The quantitative estimate of drug-likeness (QED) is 0.128. The van der Waals surface area contributed by atoms with Crippen molar-refractivity contribution in [2.45, 2.75) is 0 Å². The molecule has 0 saturated carbocycles. The van der Waals surface area contributed by atoms with Crippen LogP contribution in [0, 0.1) is 0 Å². The van der Waals surface area contributed by atoms with Crippen molar-refractivity contribution in [1.82, 2.24) is 0 Å². The van der Waals surface area contributed by atoms with Gasteiger partial charge in [-0.1, -0.05) is 83.9 Å². The average Bonchev–Trinajstić information content (AvgIpc) is 3.14. The molecule has 2 heterocycles. The molecule has 0 unspecified atom stereocenters. The standard InChI is InChI=1S/C40H20Cl2N2O6/c41-23-11-17-31(29(19-23)35(45)21-7-3-1-4-8-21)43-37(47)25-13-15-27-34-28(16-14-26(33(25)34)38(43)48)40(50)44(39(27)49)32-18-12-24(42)20-30(32)36(46)22-9-5-2-6-10-22/h1-20H. The largest absolute Gasteiger partial charge is 0.289 e. The highest BCUT2D eigenvalue weighted by Gasteiger charge is 2.42. The fourth-order valence-corrected chi connectivity index (χ4v) is 6.92. The molecule has 0 radical (unpaired) electrons. The Kier molecular flexibility index (Phi) is 7.29. The Morgan fingerprint density at radius 1 is 0.420 bits per heavy atom. The van der Waals surface area contributed by atoms with E-state index in [0.717, 1.165) is 9.80 Å². The Labute approximate surface area is 294 Å². The van der Waals surface area contributed by atoms with Crippen LogP contribution in [0.1, 0.15) is 73.3 Å². The number of benzene rings is 6. The number of nitrogens with zero attached hydrogens (tertiary/aromatic N) is 2. The highest BCUT2D eigenvalue weighted by Crippen LogP contribution is 2.42. The van der Waals surface area contributed by atoms with Crippen LogP contribution in [0.15, 0.2) is 121 Å². The monoisotopic (exact) mass is 694 g/mol. The maximum atomic E-state index is 14.2. The van der Waals surface area contributed by atoms with E-state index in [1.165, 1.54) is 60.7 Å². The van der Waals surface area contributed by atoms with Crippen LogP contribution in [0.4, 0.5) is 11.4 Å². The van der Waals surface area contributed by atoms with Gasteiger partial charge in [-0.25, -0.2) is 9.80 Å². The van der Waals surface area contributed by atoms with Crippen molar-refractivity contribution in [1.29, 1.82) is 0 Å². The summed E-state index contributed by atoms with van der Waals surface area (Å²) >= 11 is 12.6. The van der Waals surface area contributed by atoms with Gasteiger partial charge in [0.05, 0.1) is 11.4 Å². The summed E-state index contributed by atoms with van der Waals surface area (Å²) in [5, 5.41) is 0.767. The second-order valence-corrected chi connectivity index (χ2v) is 12.5. The Bertz CT molecular complexity index is 2290. The number of amides is 4. The Balaban J connectivity index is 1.25. The van der Waals surface area contributed by atoms with Crippen LogP contribution < -0.4 is 9.80 Å². The number of carbonyl (C=O) groups is 6. The van der Waals surface area contributed by atoms with E-state index in [1.54, 1.807) is 60.7 Å². The Morgan fingerprint density at radius 2 is 0.740 bits per heavy atom. The minimum absolute atomic E-state index is 0.0361. The molecule has 10 heteroatoms. The van der Waals surface area contributed by atoms with Crippen LogP contribution in [-0.4, -0.2) is 35.2 Å². The topological polar surface area (TPSA) is 109 Å². The zero-order valence-electron chi connectivity index (χ0n) is 25.6. The van der Waals surface area contributed by atoms with E-state index in [0.29, 0.717) is 11.1 Å². The van der Waals surface area contributed by atoms with Gasteiger partial charge in [0.2, 0.25) is 0 Å². The van der Waals surface area contributed by atoms with Crippen LogP contribution >= 0.6 is 23.2 Å². The van der Waals surface area contributed by atoms with Crippen LogP contribution in [0.5, 0.6) is 0 Å². The number of carbonyl (C=O) groups excluding carboxylic acids is 6. The smallest absolute Gasteiger partial charge is 0.266 e. The molecule has 6 aromatic carbocycles. The fraction of sp³-hybridized carbons (Fsp3) is 0. The van der Waals surface area contributed by atoms with Gasteiger partial charge in [0.25, 0.3) is 23.6 Å². The molecule has 0 fully saturated rings. The van der Waals surface area contributed by atoms with E-state index in [-0.39, 0.29) is 65.6 Å². The van der Waals surface area contributed by atoms with Gasteiger partial charge in [-0.15, -0.1) is 0 Å². The third kappa shape index (κ3) is 4.69. The number of halogens is 2. The summed E-state index contributed by atoms with van der Waals surface area (Å²) in [6.07, 6.45) is 0. The Hall–Kier alpha value is -6.22. The lowest BCUT2D eigenvalue weighted by atomic mass is 9.85. The van der Waals surface area contributed by atoms with Crippen molar-refractivity contribution < 1.29 is 28.8 Å². The van der Waals surface area contributed by atoms with E-state index in [2.05, 4.69) is 0 Å². The molecule has 0 spiro atoms. The van der Waals surface area contributed by atoms with Crippen LogP contribution in [0.25, 0.3) is 10.8 Å².